The maximum absolute atomic E-state index is 12.9. The summed E-state index contributed by atoms with van der Waals surface area (Å²) in [6.45, 7) is 3.22. The largest absolute Gasteiger partial charge is 0.416 e. The summed E-state index contributed by atoms with van der Waals surface area (Å²) < 4.78 is 38.8. The van der Waals surface area contributed by atoms with Crippen LogP contribution in [0.3, 0.4) is 0 Å². The van der Waals surface area contributed by atoms with Crippen molar-refractivity contribution in [1.29, 1.82) is 5.26 Å². The SMILES string of the molecule is CC(=O)NC(C)CNC(C#N)c1ccccc1C(F)(F)F. The summed E-state index contributed by atoms with van der Waals surface area (Å²) in [5, 5.41) is 14.4. The molecular formula is C14H16F3N3O. The van der Waals surface area contributed by atoms with Gasteiger partial charge in [-0.2, -0.15) is 18.4 Å². The number of alkyl halides is 3. The molecule has 0 spiro atoms. The number of nitriles is 1. The molecule has 1 rings (SSSR count). The zero-order chi connectivity index (χ0) is 16.0. The lowest BCUT2D eigenvalue weighted by Gasteiger charge is -2.20. The first kappa shape index (κ1) is 17.0. The molecule has 2 unspecified atom stereocenters. The Labute approximate surface area is 121 Å². The Hall–Kier alpha value is -2.07. The minimum Gasteiger partial charge on any atom is -0.353 e. The van der Waals surface area contributed by atoms with E-state index in [1.807, 2.05) is 6.07 Å². The molecule has 2 atom stereocenters. The summed E-state index contributed by atoms with van der Waals surface area (Å²) in [5.74, 6) is -0.242. The zero-order valence-electron chi connectivity index (χ0n) is 11.7. The Morgan fingerprint density at radius 1 is 1.38 bits per heavy atom. The third kappa shape index (κ3) is 5.08. The first-order valence-electron chi connectivity index (χ1n) is 6.32. The van der Waals surface area contributed by atoms with Crippen LogP contribution in [-0.2, 0) is 11.0 Å². The summed E-state index contributed by atoms with van der Waals surface area (Å²) in [6, 6.07) is 5.37. The maximum atomic E-state index is 12.9. The topological polar surface area (TPSA) is 64.9 Å². The molecule has 0 aliphatic carbocycles. The Morgan fingerprint density at radius 2 is 2.00 bits per heavy atom. The lowest BCUT2D eigenvalue weighted by molar-refractivity contribution is -0.138. The van der Waals surface area contributed by atoms with Crippen LogP contribution in [0.2, 0.25) is 0 Å². The summed E-state index contributed by atoms with van der Waals surface area (Å²) in [5.41, 5.74) is -0.959. The van der Waals surface area contributed by atoms with Gasteiger partial charge in [-0.05, 0) is 18.6 Å². The lowest BCUT2D eigenvalue weighted by Crippen LogP contribution is -2.40. The van der Waals surface area contributed by atoms with Gasteiger partial charge < -0.3 is 5.32 Å². The minimum absolute atomic E-state index is 0.123. The molecule has 0 saturated carbocycles. The highest BCUT2D eigenvalue weighted by atomic mass is 19.4. The van der Waals surface area contributed by atoms with Crippen molar-refractivity contribution >= 4 is 5.91 Å². The van der Waals surface area contributed by atoms with Gasteiger partial charge >= 0.3 is 6.18 Å². The number of amides is 1. The summed E-state index contributed by atoms with van der Waals surface area (Å²) >= 11 is 0. The van der Waals surface area contributed by atoms with E-state index in [2.05, 4.69) is 10.6 Å². The van der Waals surface area contributed by atoms with E-state index < -0.39 is 17.8 Å². The molecule has 4 nitrogen and oxygen atoms in total. The third-order valence-corrected chi connectivity index (χ3v) is 2.78. The van der Waals surface area contributed by atoms with Crippen LogP contribution in [0, 0.1) is 11.3 Å². The lowest BCUT2D eigenvalue weighted by atomic mass is 10.0. The number of nitrogens with one attached hydrogen (secondary N) is 2. The van der Waals surface area contributed by atoms with Gasteiger partial charge in [0.1, 0.15) is 6.04 Å². The van der Waals surface area contributed by atoms with E-state index >= 15 is 0 Å². The molecule has 0 fully saturated rings. The fourth-order valence-corrected chi connectivity index (χ4v) is 1.92. The first-order chi connectivity index (χ1) is 9.75. The van der Waals surface area contributed by atoms with Crippen LogP contribution in [0.1, 0.15) is 31.0 Å². The molecule has 0 radical (unpaired) electrons. The van der Waals surface area contributed by atoms with Crippen molar-refractivity contribution in [1.82, 2.24) is 10.6 Å². The van der Waals surface area contributed by atoms with E-state index in [-0.39, 0.29) is 24.1 Å². The average Bonchev–Trinajstić information content (AvgIpc) is 2.38. The zero-order valence-corrected chi connectivity index (χ0v) is 11.7. The Kier molecular flexibility index (Phi) is 5.73. The molecule has 1 amide bonds. The van der Waals surface area contributed by atoms with Crippen molar-refractivity contribution in [2.45, 2.75) is 32.1 Å². The molecule has 0 aromatic heterocycles. The monoisotopic (exact) mass is 299 g/mol. The third-order valence-electron chi connectivity index (χ3n) is 2.78. The standard InChI is InChI=1S/C14H16F3N3O/c1-9(20-10(2)21)8-19-13(7-18)11-5-3-4-6-12(11)14(15,16)17/h3-6,9,13,19H,8H2,1-2H3,(H,20,21). The molecule has 114 valence electrons. The van der Waals surface area contributed by atoms with Gasteiger partial charge in [0.05, 0.1) is 11.6 Å². The second-order valence-electron chi connectivity index (χ2n) is 4.66. The molecule has 0 saturated heterocycles. The van der Waals surface area contributed by atoms with Crippen LogP contribution >= 0.6 is 0 Å². The summed E-state index contributed by atoms with van der Waals surface area (Å²) in [4.78, 5) is 10.9. The van der Waals surface area contributed by atoms with E-state index in [0.29, 0.717) is 0 Å². The van der Waals surface area contributed by atoms with E-state index in [4.69, 9.17) is 5.26 Å². The van der Waals surface area contributed by atoms with E-state index in [1.165, 1.54) is 25.1 Å². The minimum atomic E-state index is -4.52. The Bertz CT molecular complexity index is 537. The molecule has 1 aromatic carbocycles. The van der Waals surface area contributed by atoms with Gasteiger partial charge in [0.25, 0.3) is 0 Å². The van der Waals surface area contributed by atoms with Crippen LogP contribution < -0.4 is 10.6 Å². The number of carbonyl (C=O) groups is 1. The number of hydrogen-bond donors (Lipinski definition) is 2. The number of rotatable bonds is 5. The van der Waals surface area contributed by atoms with Gasteiger partial charge in [-0.1, -0.05) is 18.2 Å². The molecule has 7 heteroatoms. The van der Waals surface area contributed by atoms with Crippen molar-refractivity contribution in [2.75, 3.05) is 6.54 Å². The van der Waals surface area contributed by atoms with Gasteiger partial charge in [-0.15, -0.1) is 0 Å². The highest BCUT2D eigenvalue weighted by molar-refractivity contribution is 5.73. The van der Waals surface area contributed by atoms with Crippen molar-refractivity contribution in [2.24, 2.45) is 0 Å². The van der Waals surface area contributed by atoms with Gasteiger partial charge in [0, 0.05) is 19.5 Å². The average molecular weight is 299 g/mol. The van der Waals surface area contributed by atoms with E-state index in [1.54, 1.807) is 6.92 Å². The molecule has 0 aliphatic heterocycles. The van der Waals surface area contributed by atoms with Crippen LogP contribution in [0.25, 0.3) is 0 Å². The Balaban J connectivity index is 2.87. The molecule has 2 N–H and O–H groups in total. The second-order valence-corrected chi connectivity index (χ2v) is 4.66. The van der Waals surface area contributed by atoms with Crippen LogP contribution in [-0.4, -0.2) is 18.5 Å². The highest BCUT2D eigenvalue weighted by Crippen LogP contribution is 2.34. The maximum Gasteiger partial charge on any atom is 0.416 e. The number of nitrogens with zero attached hydrogens (tertiary/aromatic N) is 1. The van der Waals surface area contributed by atoms with Crippen molar-refractivity contribution in [3.63, 3.8) is 0 Å². The quantitative estimate of drug-likeness (QED) is 0.877. The smallest absolute Gasteiger partial charge is 0.353 e. The molecular weight excluding hydrogens is 283 g/mol. The van der Waals surface area contributed by atoms with Crippen molar-refractivity contribution in [3.8, 4) is 6.07 Å². The first-order valence-corrected chi connectivity index (χ1v) is 6.32. The molecule has 1 aromatic rings. The number of carbonyl (C=O) groups excluding carboxylic acids is 1. The van der Waals surface area contributed by atoms with E-state index in [0.717, 1.165) is 6.07 Å². The Morgan fingerprint density at radius 3 is 2.52 bits per heavy atom. The van der Waals surface area contributed by atoms with Crippen LogP contribution in [0.15, 0.2) is 24.3 Å². The fourth-order valence-electron chi connectivity index (χ4n) is 1.92. The predicted molar refractivity (Wildman–Crippen MR) is 71.1 cm³/mol. The summed E-state index contributed by atoms with van der Waals surface area (Å²) in [6.07, 6.45) is -4.52. The van der Waals surface area contributed by atoms with Gasteiger partial charge in [-0.25, -0.2) is 0 Å². The fraction of sp³-hybridized carbons (Fsp3) is 0.429. The normalized spacial score (nSPS) is 14.1. The predicted octanol–water partition coefficient (Wildman–Crippen LogP) is 2.38. The van der Waals surface area contributed by atoms with Gasteiger partial charge in [-0.3, -0.25) is 10.1 Å². The van der Waals surface area contributed by atoms with Crippen LogP contribution in [0.5, 0.6) is 0 Å². The van der Waals surface area contributed by atoms with Gasteiger partial charge in [0.15, 0.2) is 0 Å². The second kappa shape index (κ2) is 7.09. The molecule has 0 bridgehead atoms. The van der Waals surface area contributed by atoms with Crippen molar-refractivity contribution < 1.29 is 18.0 Å². The molecule has 0 heterocycles. The number of benzene rings is 1. The molecule has 21 heavy (non-hydrogen) atoms. The molecule has 0 aliphatic rings. The highest BCUT2D eigenvalue weighted by Gasteiger charge is 2.34. The van der Waals surface area contributed by atoms with Gasteiger partial charge in [0.2, 0.25) is 5.91 Å². The summed E-state index contributed by atoms with van der Waals surface area (Å²) in [7, 11) is 0. The number of hydrogen-bond acceptors (Lipinski definition) is 3. The number of halogens is 3. The van der Waals surface area contributed by atoms with E-state index in [9.17, 15) is 18.0 Å². The van der Waals surface area contributed by atoms with Crippen LogP contribution in [0.4, 0.5) is 13.2 Å². The van der Waals surface area contributed by atoms with Crippen molar-refractivity contribution in [3.05, 3.63) is 35.4 Å².